The van der Waals surface area contributed by atoms with Crippen molar-refractivity contribution >= 4 is 138 Å². The van der Waals surface area contributed by atoms with Crippen molar-refractivity contribution in [3.63, 3.8) is 0 Å². The summed E-state index contributed by atoms with van der Waals surface area (Å²) in [6.07, 6.45) is 2.57. The van der Waals surface area contributed by atoms with E-state index in [1.807, 2.05) is 0 Å². The predicted molar refractivity (Wildman–Crippen MR) is 259 cm³/mol. The lowest BCUT2D eigenvalue weighted by Crippen LogP contribution is -2.44. The zero-order valence-corrected chi connectivity index (χ0v) is 39.0. The number of hydrogen-bond donors (Lipinski definition) is 10. The zero-order valence-electron chi connectivity index (χ0n) is 33.9. The van der Waals surface area contributed by atoms with Crippen molar-refractivity contribution in [2.75, 3.05) is 35.2 Å². The first-order valence-corrected chi connectivity index (χ1v) is 24.8. The molecule has 0 saturated carbocycles. The molecule has 4 aromatic heterocycles. The summed E-state index contributed by atoms with van der Waals surface area (Å²) in [5.41, 5.74) is 14.0. The molecule has 4 atom stereocenters. The summed E-state index contributed by atoms with van der Waals surface area (Å²) in [6.45, 7) is 0.669. The Kier molecular flexibility index (Phi) is 15.9. The maximum Gasteiger partial charge on any atom is 0.271 e. The Labute approximate surface area is 393 Å². The lowest BCUT2D eigenvalue weighted by Gasteiger charge is -2.18. The van der Waals surface area contributed by atoms with Gasteiger partial charge in [0.2, 0.25) is 23.6 Å². The van der Waals surface area contributed by atoms with E-state index in [2.05, 4.69) is 67.1 Å². The molecule has 10 bridgehead atoms. The first-order valence-electron chi connectivity index (χ1n) is 20.1. The van der Waals surface area contributed by atoms with Crippen LogP contribution in [0.3, 0.4) is 0 Å². The van der Waals surface area contributed by atoms with Crippen molar-refractivity contribution in [2.45, 2.75) is 62.7 Å². The number of nitrogens with two attached hydrogens (primary N) is 2. The van der Waals surface area contributed by atoms with Gasteiger partial charge in [-0.1, -0.05) is 0 Å². The molecule has 1 aliphatic heterocycles. The van der Waals surface area contributed by atoms with Crippen LogP contribution < -0.4 is 43.4 Å². The molecule has 0 fully saturated rings. The number of thiazole rings is 4. The maximum absolute atomic E-state index is 13.9. The van der Waals surface area contributed by atoms with E-state index in [4.69, 9.17) is 21.4 Å². The second-order valence-electron chi connectivity index (χ2n) is 14.7. The van der Waals surface area contributed by atoms with Gasteiger partial charge < -0.3 is 43.4 Å². The second-order valence-corrected chi connectivity index (χ2v) is 19.2. The third-order valence-corrected chi connectivity index (χ3v) is 14.7. The van der Waals surface area contributed by atoms with Gasteiger partial charge in [-0.05, 0) is 74.9 Å². The maximum atomic E-state index is 13.9. The molecule has 5 heterocycles. The molecule has 2 aromatic carbocycles. The number of amides is 6. The summed E-state index contributed by atoms with van der Waals surface area (Å²) in [7, 11) is 0. The number of thiol groups is 2. The van der Waals surface area contributed by atoms with Gasteiger partial charge >= 0.3 is 0 Å². The molecule has 0 aliphatic carbocycles. The molecule has 10 N–H and O–H groups in total. The minimum absolute atomic E-state index is 0.111. The summed E-state index contributed by atoms with van der Waals surface area (Å²) in [5.74, 6) is -2.20. The normalized spacial score (nSPS) is 16.8. The number of hydrogen-bond acceptors (Lipinski definition) is 18. The number of carbonyl (C=O) groups excluding carboxylic acids is 6. The summed E-state index contributed by atoms with van der Waals surface area (Å²) in [4.78, 5) is 97.9. The van der Waals surface area contributed by atoms with Gasteiger partial charge in [0.05, 0.1) is 32.5 Å². The third kappa shape index (κ3) is 11.8. The third-order valence-electron chi connectivity index (χ3n) is 9.90. The predicted octanol–water partition coefficient (Wildman–Crippen LogP) is 4.03. The topological polar surface area (TPSA) is 278 Å². The van der Waals surface area contributed by atoms with Crippen molar-refractivity contribution < 1.29 is 28.8 Å². The quantitative estimate of drug-likeness (QED) is 0.0548. The fourth-order valence-corrected chi connectivity index (χ4v) is 10.4. The van der Waals surface area contributed by atoms with Crippen LogP contribution in [-0.2, 0) is 19.2 Å². The van der Waals surface area contributed by atoms with Gasteiger partial charge in [0, 0.05) is 46.7 Å². The largest absolute Gasteiger partial charge is 0.355 e. The minimum Gasteiger partial charge on any atom is -0.355 e. The number of nitrogens with one attached hydrogen (secondary N) is 6. The number of fused-ring (bicyclic) bond motifs is 10. The minimum atomic E-state index is -0.954. The Morgan fingerprint density at radius 2 is 1.05 bits per heavy atom. The first kappa shape index (κ1) is 46.9. The molecule has 24 heteroatoms. The summed E-state index contributed by atoms with van der Waals surface area (Å²) in [6, 6.07) is 7.11. The smallest absolute Gasteiger partial charge is 0.271 e. The van der Waals surface area contributed by atoms with Gasteiger partial charge in [-0.15, -0.1) is 45.3 Å². The molecule has 0 radical (unpaired) electrons. The van der Waals surface area contributed by atoms with Gasteiger partial charge in [0.15, 0.2) is 20.0 Å². The average molecular weight is 981 g/mol. The fourth-order valence-electron chi connectivity index (χ4n) is 6.40. The highest BCUT2D eigenvalue weighted by molar-refractivity contribution is 7.80. The van der Waals surface area contributed by atoms with Gasteiger partial charge in [-0.2, -0.15) is 25.3 Å². The van der Waals surface area contributed by atoms with Crippen molar-refractivity contribution in [1.29, 1.82) is 0 Å². The van der Waals surface area contributed by atoms with E-state index in [-0.39, 0.29) is 47.5 Å². The summed E-state index contributed by atoms with van der Waals surface area (Å²) < 4.78 is 1.48. The fraction of sp³-hybridized carbons (Fsp3) is 0.350. The van der Waals surface area contributed by atoms with E-state index in [1.54, 1.807) is 47.2 Å². The number of benzene rings is 2. The van der Waals surface area contributed by atoms with E-state index in [9.17, 15) is 28.8 Å². The monoisotopic (exact) mass is 980 g/mol. The average Bonchev–Trinajstić information content (AvgIpc) is 4.13. The van der Waals surface area contributed by atoms with Crippen LogP contribution in [-0.4, -0.2) is 104 Å². The van der Waals surface area contributed by atoms with Crippen LogP contribution in [0.1, 0.15) is 59.5 Å². The second kappa shape index (κ2) is 21.7. The van der Waals surface area contributed by atoms with Crippen molar-refractivity contribution in [3.8, 4) is 20.0 Å². The number of nitrogens with zero attached hydrogens (tertiary/aromatic N) is 4. The Balaban J connectivity index is 1.15. The highest BCUT2D eigenvalue weighted by Gasteiger charge is 2.26. The molecule has 64 heavy (non-hydrogen) atoms. The lowest BCUT2D eigenvalue weighted by atomic mass is 10.1. The van der Waals surface area contributed by atoms with Crippen LogP contribution >= 0.6 is 70.6 Å². The molecule has 6 amide bonds. The zero-order chi connectivity index (χ0) is 45.3. The molecule has 2 unspecified atom stereocenters. The Hall–Kier alpha value is -5.08. The molecule has 6 aromatic rings. The van der Waals surface area contributed by atoms with Crippen LogP contribution in [0.25, 0.3) is 40.5 Å². The Morgan fingerprint density at radius 3 is 1.45 bits per heavy atom. The van der Waals surface area contributed by atoms with E-state index in [0.29, 0.717) is 81.2 Å². The van der Waals surface area contributed by atoms with Gasteiger partial charge in [-0.3, -0.25) is 28.8 Å². The van der Waals surface area contributed by atoms with Gasteiger partial charge in [-0.25, -0.2) is 19.9 Å². The molecule has 18 nitrogen and oxygen atoms in total. The molecule has 0 saturated heterocycles. The van der Waals surface area contributed by atoms with E-state index in [1.165, 1.54) is 45.3 Å². The molecule has 1 aliphatic rings. The van der Waals surface area contributed by atoms with Crippen LogP contribution in [0.5, 0.6) is 0 Å². The van der Waals surface area contributed by atoms with Crippen molar-refractivity contribution in [3.05, 3.63) is 58.5 Å². The van der Waals surface area contributed by atoms with E-state index in [0.717, 1.165) is 9.40 Å². The van der Waals surface area contributed by atoms with Crippen LogP contribution in [0, 0.1) is 0 Å². The number of carbonyl (C=O) groups is 6. The SMILES string of the molecule is N[C@@H](CS)C(=O)NCCCCC1NC(=O)c2csc(n2)-c2nc3ccc(cc3s2)NC(=O)C(CCCCNC(=O)[C@@H](N)CS)NC(=O)c2csc(n2)-c2nc3ccc(cc3s2)NC1=O. The number of anilines is 2. The Morgan fingerprint density at radius 1 is 0.625 bits per heavy atom. The molecule has 0 spiro atoms. The molecule has 336 valence electrons. The van der Waals surface area contributed by atoms with Crippen LogP contribution in [0.4, 0.5) is 11.4 Å². The number of aromatic nitrogens is 4. The van der Waals surface area contributed by atoms with Crippen molar-refractivity contribution in [2.24, 2.45) is 11.5 Å². The van der Waals surface area contributed by atoms with E-state index >= 15 is 0 Å². The molecular formula is C40H44N12O6S6. The van der Waals surface area contributed by atoms with Crippen LogP contribution in [0.2, 0.25) is 0 Å². The standard InChI is InChI=1S/C40H44N12O6S6/c41-21(15-59)31(53)43-11-3-1-5-25-33(55)45-19-7-9-23-29(13-19)63-40(49-23)38-52-28(18-62-38)36(58)48-26(6-2-4-12-44-32(54)22(42)16-60)34(56)46-20-8-10-24-30(14-20)64-39(50-24)37-51-27(17-61-37)35(57)47-25/h7-10,13-14,17-18,21-22,25-26,59-60H,1-6,11-12,15-16,41-42H2,(H,43,53)(H,44,54)(H,45,55)(H,46,56)(H,47,57)(H,48,58)/t21-,22-,25?,26?/m0/s1. The van der Waals surface area contributed by atoms with Gasteiger partial charge in [0.1, 0.15) is 23.5 Å². The molecular weight excluding hydrogens is 937 g/mol. The summed E-state index contributed by atoms with van der Waals surface area (Å²) in [5, 5.41) is 22.4. The first-order chi connectivity index (χ1) is 30.9. The Bertz CT molecular complexity index is 2500. The number of rotatable bonds is 14. The van der Waals surface area contributed by atoms with E-state index < -0.39 is 47.8 Å². The van der Waals surface area contributed by atoms with Crippen molar-refractivity contribution in [1.82, 2.24) is 41.2 Å². The highest BCUT2D eigenvalue weighted by atomic mass is 32.1. The highest BCUT2D eigenvalue weighted by Crippen LogP contribution is 2.35. The van der Waals surface area contributed by atoms with Gasteiger partial charge in [0.25, 0.3) is 11.8 Å². The molecule has 7 rings (SSSR count). The lowest BCUT2D eigenvalue weighted by molar-refractivity contribution is -0.122. The van der Waals surface area contributed by atoms with Crippen LogP contribution in [0.15, 0.2) is 47.2 Å². The number of unbranched alkanes of at least 4 members (excludes halogenated alkanes) is 2. The summed E-state index contributed by atoms with van der Waals surface area (Å²) >= 11 is 13.2.